The molecule has 2 rings (SSSR count). The van der Waals surface area contributed by atoms with Gasteiger partial charge >= 0.3 is 5.97 Å². The number of hydrogen-bond donors (Lipinski definition) is 2. The maximum absolute atomic E-state index is 13.0. The van der Waals surface area contributed by atoms with Crippen molar-refractivity contribution in [3.63, 3.8) is 0 Å². The van der Waals surface area contributed by atoms with Crippen LogP contribution >= 0.6 is 15.9 Å². The minimum absolute atomic E-state index is 0.000112. The van der Waals surface area contributed by atoms with Crippen LogP contribution in [0, 0.1) is 5.82 Å². The van der Waals surface area contributed by atoms with E-state index in [1.807, 2.05) is 0 Å². The number of halogens is 2. The first-order valence-electron chi connectivity index (χ1n) is 5.57. The molecule has 1 amide bonds. The number of β-amino-alcohol motifs (C(OH)–C–C–N with tert-alkyl or cyclic N) is 1. The molecule has 7 heteroatoms. The quantitative estimate of drug-likeness (QED) is 0.854. The first kappa shape index (κ1) is 14.0. The predicted octanol–water partition coefficient (Wildman–Crippen LogP) is 1.25. The summed E-state index contributed by atoms with van der Waals surface area (Å²) in [4.78, 5) is 24.4. The Balaban J connectivity index is 2.30. The molecule has 1 fully saturated rings. The van der Waals surface area contributed by atoms with Crippen LogP contribution in [-0.4, -0.2) is 45.7 Å². The lowest BCUT2D eigenvalue weighted by Crippen LogP contribution is -2.40. The lowest BCUT2D eigenvalue weighted by molar-refractivity contribution is -0.141. The summed E-state index contributed by atoms with van der Waals surface area (Å²) in [6.07, 6.45) is -0.857. The van der Waals surface area contributed by atoms with E-state index in [4.69, 9.17) is 5.11 Å². The number of carboxylic acid groups (broad SMARTS) is 1. The largest absolute Gasteiger partial charge is 0.480 e. The maximum Gasteiger partial charge on any atom is 0.326 e. The van der Waals surface area contributed by atoms with Crippen molar-refractivity contribution in [3.05, 3.63) is 34.1 Å². The Kier molecular flexibility index (Phi) is 3.86. The van der Waals surface area contributed by atoms with Crippen LogP contribution in [0.5, 0.6) is 0 Å². The van der Waals surface area contributed by atoms with Crippen molar-refractivity contribution in [3.8, 4) is 0 Å². The summed E-state index contributed by atoms with van der Waals surface area (Å²) in [6.45, 7) is -0.0420. The van der Waals surface area contributed by atoms with E-state index in [1.165, 1.54) is 6.07 Å². The Hall–Kier alpha value is -1.47. The number of benzene rings is 1. The highest BCUT2D eigenvalue weighted by atomic mass is 79.9. The number of carboxylic acids is 1. The number of nitrogens with zero attached hydrogens (tertiary/aromatic N) is 1. The maximum atomic E-state index is 13.0. The van der Waals surface area contributed by atoms with Gasteiger partial charge in [-0.25, -0.2) is 9.18 Å². The zero-order chi connectivity index (χ0) is 14.2. The smallest absolute Gasteiger partial charge is 0.326 e. The second-order valence-electron chi connectivity index (χ2n) is 4.33. The normalized spacial score (nSPS) is 22.6. The second kappa shape index (κ2) is 5.26. The highest BCUT2D eigenvalue weighted by Gasteiger charge is 2.39. The molecule has 0 radical (unpaired) electrons. The molecule has 1 saturated heterocycles. The van der Waals surface area contributed by atoms with Crippen LogP contribution in [0.15, 0.2) is 22.7 Å². The van der Waals surface area contributed by atoms with Crippen LogP contribution in [0.25, 0.3) is 0 Å². The minimum atomic E-state index is -1.16. The molecule has 1 aromatic rings. The van der Waals surface area contributed by atoms with E-state index in [0.717, 1.165) is 17.0 Å². The van der Waals surface area contributed by atoms with Gasteiger partial charge in [-0.2, -0.15) is 0 Å². The Labute approximate surface area is 116 Å². The Morgan fingerprint density at radius 1 is 1.42 bits per heavy atom. The molecule has 0 saturated carbocycles. The van der Waals surface area contributed by atoms with Crippen molar-refractivity contribution in [2.24, 2.45) is 0 Å². The van der Waals surface area contributed by atoms with Gasteiger partial charge in [0.15, 0.2) is 0 Å². The number of amides is 1. The molecule has 0 unspecified atom stereocenters. The average molecular weight is 332 g/mol. The van der Waals surface area contributed by atoms with Crippen LogP contribution in [-0.2, 0) is 4.79 Å². The Morgan fingerprint density at radius 3 is 2.68 bits per heavy atom. The van der Waals surface area contributed by atoms with E-state index in [2.05, 4.69) is 15.9 Å². The minimum Gasteiger partial charge on any atom is -0.480 e. The van der Waals surface area contributed by atoms with Gasteiger partial charge in [-0.15, -0.1) is 0 Å². The van der Waals surface area contributed by atoms with Crippen LogP contribution in [0.3, 0.4) is 0 Å². The van der Waals surface area contributed by atoms with Crippen molar-refractivity contribution < 1.29 is 24.2 Å². The van der Waals surface area contributed by atoms with Gasteiger partial charge in [0.2, 0.25) is 0 Å². The number of aliphatic hydroxyl groups is 1. The van der Waals surface area contributed by atoms with Gasteiger partial charge in [0, 0.05) is 17.4 Å². The third-order valence-corrected chi connectivity index (χ3v) is 3.64. The van der Waals surface area contributed by atoms with Gasteiger partial charge < -0.3 is 15.1 Å². The molecule has 0 bridgehead atoms. The van der Waals surface area contributed by atoms with Crippen LogP contribution in [0.2, 0.25) is 0 Å². The molecule has 0 spiro atoms. The monoisotopic (exact) mass is 331 g/mol. The fourth-order valence-electron chi connectivity index (χ4n) is 2.09. The van der Waals surface area contributed by atoms with Crippen LogP contribution < -0.4 is 0 Å². The molecule has 1 heterocycles. The SMILES string of the molecule is O=C(O)[C@@H]1C[C@@H](O)CN1C(=O)c1ccc(F)cc1Br. The van der Waals surface area contributed by atoms with Crippen molar-refractivity contribution in [2.45, 2.75) is 18.6 Å². The topological polar surface area (TPSA) is 77.8 Å². The summed E-state index contributed by atoms with van der Waals surface area (Å²) < 4.78 is 13.2. The fraction of sp³-hybridized carbons (Fsp3) is 0.333. The standard InChI is InChI=1S/C12H11BrFNO4/c13-9-3-6(14)1-2-8(9)11(17)15-5-7(16)4-10(15)12(18)19/h1-3,7,10,16H,4-5H2,(H,18,19)/t7-,10+/m1/s1. The molecule has 1 aliphatic heterocycles. The van der Waals surface area contributed by atoms with Crippen molar-refractivity contribution in [1.29, 1.82) is 0 Å². The highest BCUT2D eigenvalue weighted by molar-refractivity contribution is 9.10. The van der Waals surface area contributed by atoms with Gasteiger partial charge in [-0.3, -0.25) is 4.79 Å². The summed E-state index contributed by atoms with van der Waals surface area (Å²) >= 11 is 3.07. The molecule has 1 aliphatic rings. The Morgan fingerprint density at radius 2 is 2.11 bits per heavy atom. The number of hydrogen-bond acceptors (Lipinski definition) is 3. The summed E-state index contributed by atoms with van der Waals surface area (Å²) in [5, 5.41) is 18.5. The molecular weight excluding hydrogens is 321 g/mol. The van der Waals surface area contributed by atoms with E-state index in [1.54, 1.807) is 0 Å². The molecular formula is C12H11BrFNO4. The molecule has 102 valence electrons. The third kappa shape index (κ3) is 2.76. The summed E-state index contributed by atoms with van der Waals surface area (Å²) in [7, 11) is 0. The molecule has 19 heavy (non-hydrogen) atoms. The van der Waals surface area contributed by atoms with E-state index < -0.39 is 29.8 Å². The fourth-order valence-corrected chi connectivity index (χ4v) is 2.61. The van der Waals surface area contributed by atoms with Crippen molar-refractivity contribution in [2.75, 3.05) is 6.54 Å². The number of rotatable bonds is 2. The van der Waals surface area contributed by atoms with Gasteiger partial charge in [0.25, 0.3) is 5.91 Å². The van der Waals surface area contributed by atoms with E-state index in [0.29, 0.717) is 0 Å². The van der Waals surface area contributed by atoms with Gasteiger partial charge in [0.05, 0.1) is 11.7 Å². The van der Waals surface area contributed by atoms with Crippen molar-refractivity contribution in [1.82, 2.24) is 4.90 Å². The van der Waals surface area contributed by atoms with Gasteiger partial charge in [-0.1, -0.05) is 0 Å². The summed E-state index contributed by atoms with van der Waals surface area (Å²) in [5.74, 6) is -2.21. The van der Waals surface area contributed by atoms with Gasteiger partial charge in [-0.05, 0) is 34.1 Å². The Bertz CT molecular complexity index is 536. The predicted molar refractivity (Wildman–Crippen MR) is 67.2 cm³/mol. The van der Waals surface area contributed by atoms with Crippen molar-refractivity contribution >= 4 is 27.8 Å². The van der Waals surface area contributed by atoms with E-state index >= 15 is 0 Å². The summed E-state index contributed by atoms with van der Waals surface area (Å²) in [5.41, 5.74) is 0.168. The molecule has 2 atom stereocenters. The number of carbonyl (C=O) groups is 2. The zero-order valence-corrected chi connectivity index (χ0v) is 11.3. The van der Waals surface area contributed by atoms with E-state index in [9.17, 15) is 19.1 Å². The number of aliphatic carboxylic acids is 1. The molecule has 0 aliphatic carbocycles. The molecule has 1 aromatic carbocycles. The van der Waals surface area contributed by atoms with Gasteiger partial charge in [0.1, 0.15) is 11.9 Å². The number of carbonyl (C=O) groups excluding carboxylic acids is 1. The van der Waals surface area contributed by atoms with Crippen LogP contribution in [0.1, 0.15) is 16.8 Å². The molecule has 5 nitrogen and oxygen atoms in total. The van der Waals surface area contributed by atoms with E-state index in [-0.39, 0.29) is 23.0 Å². The molecule has 2 N–H and O–H groups in total. The highest BCUT2D eigenvalue weighted by Crippen LogP contribution is 2.25. The average Bonchev–Trinajstić information content (AvgIpc) is 2.70. The first-order valence-corrected chi connectivity index (χ1v) is 6.36. The lowest BCUT2D eigenvalue weighted by Gasteiger charge is -2.21. The summed E-state index contributed by atoms with van der Waals surface area (Å²) in [6, 6.07) is 2.49. The second-order valence-corrected chi connectivity index (χ2v) is 5.18. The lowest BCUT2D eigenvalue weighted by atomic mass is 10.1. The molecule has 0 aromatic heterocycles. The number of aliphatic hydroxyl groups excluding tert-OH is 1. The number of likely N-dealkylation sites (tertiary alicyclic amines) is 1. The van der Waals surface area contributed by atoms with Crippen LogP contribution in [0.4, 0.5) is 4.39 Å². The third-order valence-electron chi connectivity index (χ3n) is 2.99. The first-order chi connectivity index (χ1) is 8.90. The zero-order valence-electron chi connectivity index (χ0n) is 9.72.